The highest BCUT2D eigenvalue weighted by Gasteiger charge is 2.72. The zero-order valence-corrected chi connectivity index (χ0v) is 38.1. The number of likely N-dealkylation sites (tertiary alicyclic amines) is 1. The molecule has 7 nitrogen and oxygen atoms in total. The smallest absolute Gasteiger partial charge is 0.309 e. The van der Waals surface area contributed by atoms with E-state index in [1.54, 1.807) is 19.1 Å². The van der Waals surface area contributed by atoms with Crippen LogP contribution in [0.1, 0.15) is 158 Å². The molecule has 1 aromatic heterocycles. The molecule has 6 aliphatic carbocycles. The number of Topliss-reactive ketones (excluding diaryl/α,β-unsaturated/α-hetero) is 1. The number of fused-ring (bicyclic) bond motifs is 7. The maximum Gasteiger partial charge on any atom is 0.309 e. The number of amides is 1. The van der Waals surface area contributed by atoms with Crippen LogP contribution in [0, 0.1) is 79.7 Å². The number of benzene rings is 1. The quantitative estimate of drug-likeness (QED) is 0.222. The largest absolute Gasteiger partial charge is 0.462 e. The highest BCUT2D eigenvalue weighted by molar-refractivity contribution is 5.85. The van der Waals surface area contributed by atoms with Crippen molar-refractivity contribution in [1.29, 1.82) is 0 Å². The lowest BCUT2D eigenvalue weighted by Crippen LogP contribution is -2.67. The summed E-state index contributed by atoms with van der Waals surface area (Å²) in [7, 11) is 0. The Labute approximate surface area is 358 Å². The minimum atomic E-state index is -0.392. The Kier molecular flexibility index (Phi) is 9.88. The molecule has 1 saturated heterocycles. The first-order valence-corrected chi connectivity index (χ1v) is 23.7. The number of ketones is 1. The van der Waals surface area contributed by atoms with E-state index in [2.05, 4.69) is 71.9 Å². The minimum absolute atomic E-state index is 0.0642. The second-order valence-electron chi connectivity index (χ2n) is 23.2. The average molecular weight is 822 g/mol. The SMILES string of the molecule is C=C(C)[C@@H]1CC[C@]2(C(=O)N3CCC[C@H]3c3ncc(-c4ccc(F)cc4)[nH]3)CC[C@]3(C)[C@H](CC[C@@H]4[C@@]5(C)CC[C@H](OC(=O)[C@H]6C[C@@H](C(C)=O)C6(C)C)C(C)(C)[C@@H]5CC[C@]43C)[C@@H]12. The van der Waals surface area contributed by atoms with E-state index in [-0.39, 0.29) is 74.5 Å². The topological polar surface area (TPSA) is 92.4 Å². The average Bonchev–Trinajstić information content (AvgIpc) is 3.95. The summed E-state index contributed by atoms with van der Waals surface area (Å²) in [5, 5.41) is 0. The van der Waals surface area contributed by atoms with E-state index in [4.69, 9.17) is 9.72 Å². The van der Waals surface area contributed by atoms with Gasteiger partial charge in [-0.25, -0.2) is 9.37 Å². The Balaban J connectivity index is 0.965. The van der Waals surface area contributed by atoms with Gasteiger partial charge < -0.3 is 14.6 Å². The number of halogens is 1. The summed E-state index contributed by atoms with van der Waals surface area (Å²) in [5.41, 5.74) is 2.45. The van der Waals surface area contributed by atoms with E-state index in [9.17, 15) is 14.0 Å². The van der Waals surface area contributed by atoms with Gasteiger partial charge >= 0.3 is 5.97 Å². The van der Waals surface area contributed by atoms with Gasteiger partial charge in [0.25, 0.3) is 0 Å². The number of aromatic nitrogens is 2. The summed E-state index contributed by atoms with van der Waals surface area (Å²) in [5.74, 6) is 2.80. The lowest BCUT2D eigenvalue weighted by molar-refractivity contribution is -0.251. The van der Waals surface area contributed by atoms with E-state index in [0.29, 0.717) is 36.0 Å². The van der Waals surface area contributed by atoms with Gasteiger partial charge in [0.1, 0.15) is 23.5 Å². The third-order valence-corrected chi connectivity index (χ3v) is 20.3. The molecule has 1 aromatic carbocycles. The molecule has 1 N–H and O–H groups in total. The Hall–Kier alpha value is -3.29. The predicted octanol–water partition coefficient (Wildman–Crippen LogP) is 11.7. The van der Waals surface area contributed by atoms with Crippen LogP contribution in [0.15, 0.2) is 42.6 Å². The second kappa shape index (κ2) is 14.1. The fourth-order valence-electron chi connectivity index (χ4n) is 16.8. The molecule has 7 aliphatic rings. The van der Waals surface area contributed by atoms with Gasteiger partial charge in [0.15, 0.2) is 0 Å². The molecule has 8 heteroatoms. The van der Waals surface area contributed by atoms with E-state index >= 15 is 4.79 Å². The van der Waals surface area contributed by atoms with Crippen LogP contribution in [0.3, 0.4) is 0 Å². The summed E-state index contributed by atoms with van der Waals surface area (Å²) < 4.78 is 20.3. The number of hydrogen-bond acceptors (Lipinski definition) is 5. The van der Waals surface area contributed by atoms with Gasteiger partial charge in [-0.1, -0.05) is 60.6 Å². The van der Waals surface area contributed by atoms with Crippen molar-refractivity contribution in [3.05, 3.63) is 54.3 Å². The molecule has 9 rings (SSSR count). The number of carbonyl (C=O) groups is 3. The fourth-order valence-corrected chi connectivity index (χ4v) is 16.8. The van der Waals surface area contributed by atoms with Crippen molar-refractivity contribution >= 4 is 17.7 Å². The number of aromatic amines is 1. The molecule has 13 atom stereocenters. The molecular formula is C52H72FN3O4. The van der Waals surface area contributed by atoms with Crippen LogP contribution in [0.25, 0.3) is 11.3 Å². The first-order chi connectivity index (χ1) is 28.2. The number of nitrogens with zero attached hydrogens (tertiary/aromatic N) is 2. The zero-order chi connectivity index (χ0) is 42.9. The van der Waals surface area contributed by atoms with Crippen molar-refractivity contribution in [3.63, 3.8) is 0 Å². The molecule has 1 aliphatic heterocycles. The van der Waals surface area contributed by atoms with Crippen molar-refractivity contribution in [2.75, 3.05) is 6.54 Å². The minimum Gasteiger partial charge on any atom is -0.462 e. The lowest BCUT2D eigenvalue weighted by Gasteiger charge is -2.73. The number of carbonyl (C=O) groups excluding carboxylic acids is 3. The normalized spacial score (nSPS) is 42.5. The van der Waals surface area contributed by atoms with E-state index in [1.165, 1.54) is 30.5 Å². The van der Waals surface area contributed by atoms with E-state index in [1.807, 2.05) is 6.20 Å². The molecule has 2 heterocycles. The van der Waals surface area contributed by atoms with Crippen LogP contribution in [-0.4, -0.2) is 45.2 Å². The predicted molar refractivity (Wildman–Crippen MR) is 233 cm³/mol. The monoisotopic (exact) mass is 822 g/mol. The molecule has 0 bridgehead atoms. The number of allylic oxidation sites excluding steroid dienone is 1. The van der Waals surface area contributed by atoms with Crippen molar-refractivity contribution in [1.82, 2.24) is 14.9 Å². The van der Waals surface area contributed by atoms with Crippen molar-refractivity contribution in [2.24, 2.45) is 73.9 Å². The molecule has 1 amide bonds. The summed E-state index contributed by atoms with van der Waals surface area (Å²) in [4.78, 5) is 52.2. The van der Waals surface area contributed by atoms with Gasteiger partial charge in [0, 0.05) is 17.9 Å². The second-order valence-corrected chi connectivity index (χ2v) is 23.2. The number of hydrogen-bond donors (Lipinski definition) is 1. The maximum atomic E-state index is 15.5. The fraction of sp³-hybridized carbons (Fsp3) is 0.731. The van der Waals surface area contributed by atoms with Crippen LogP contribution in [0.4, 0.5) is 4.39 Å². The van der Waals surface area contributed by atoms with Crippen molar-refractivity contribution in [2.45, 2.75) is 158 Å². The molecule has 7 fully saturated rings. The van der Waals surface area contributed by atoms with Crippen LogP contribution in [0.2, 0.25) is 0 Å². The van der Waals surface area contributed by atoms with Gasteiger partial charge in [-0.05, 0) is 178 Å². The van der Waals surface area contributed by atoms with E-state index < -0.39 is 5.41 Å². The van der Waals surface area contributed by atoms with Gasteiger partial charge in [0.2, 0.25) is 5.91 Å². The summed E-state index contributed by atoms with van der Waals surface area (Å²) in [6.45, 7) is 26.0. The highest BCUT2D eigenvalue weighted by Crippen LogP contribution is 2.78. The van der Waals surface area contributed by atoms with Crippen LogP contribution >= 0.6 is 0 Å². The summed E-state index contributed by atoms with van der Waals surface area (Å²) >= 11 is 0. The van der Waals surface area contributed by atoms with Crippen molar-refractivity contribution in [3.8, 4) is 11.3 Å². The molecule has 0 unspecified atom stereocenters. The van der Waals surface area contributed by atoms with Gasteiger partial charge in [-0.2, -0.15) is 0 Å². The van der Waals surface area contributed by atoms with Crippen LogP contribution < -0.4 is 0 Å². The Morgan fingerprint density at radius 2 is 1.55 bits per heavy atom. The molecule has 0 radical (unpaired) electrons. The van der Waals surface area contributed by atoms with Gasteiger partial charge in [-0.15, -0.1) is 0 Å². The lowest BCUT2D eigenvalue weighted by atomic mass is 9.32. The first-order valence-electron chi connectivity index (χ1n) is 23.7. The standard InChI is InChI=1S/C52H72FN3O4/c1-30(2)34-19-24-52(46(59)56-27-11-12-39(56)44-54-29-38(55-44)32-13-15-33(53)16-14-32)26-25-50(9)35(43(34)52)17-18-41-49(8)22-21-42(48(6,7)40(49)20-23-51(41,50)10)60-45(58)37-28-36(31(3)57)47(37,4)5/h13-16,29,34-37,39-43H,1,11-12,17-28H2,2-10H3,(H,54,55)/t34-,35+,36-,37+,39-,40-,41+,42-,43+,49-,50+,51+,52-/m0/s1. The van der Waals surface area contributed by atoms with Crippen LogP contribution in [-0.2, 0) is 19.1 Å². The molecule has 2 aromatic rings. The van der Waals surface area contributed by atoms with Crippen LogP contribution in [0.5, 0.6) is 0 Å². The summed E-state index contributed by atoms with van der Waals surface area (Å²) in [6, 6.07) is 6.42. The number of ether oxygens (including phenoxy) is 1. The molecule has 60 heavy (non-hydrogen) atoms. The number of rotatable bonds is 7. The third kappa shape index (κ3) is 5.82. The number of H-pyrrole nitrogens is 1. The number of imidazole rings is 1. The Morgan fingerprint density at radius 1 is 0.817 bits per heavy atom. The Bertz CT molecular complexity index is 2070. The molecular weight excluding hydrogens is 750 g/mol. The van der Waals surface area contributed by atoms with Crippen molar-refractivity contribution < 1.29 is 23.5 Å². The molecule has 6 saturated carbocycles. The maximum absolute atomic E-state index is 15.5. The molecule has 0 spiro atoms. The third-order valence-electron chi connectivity index (χ3n) is 20.3. The van der Waals surface area contributed by atoms with Gasteiger partial charge in [0.05, 0.1) is 29.3 Å². The van der Waals surface area contributed by atoms with E-state index in [0.717, 1.165) is 87.8 Å². The van der Waals surface area contributed by atoms with Gasteiger partial charge in [-0.3, -0.25) is 14.4 Å². The zero-order valence-electron chi connectivity index (χ0n) is 38.1. The molecule has 326 valence electrons. The first kappa shape index (κ1) is 42.0. The number of nitrogens with one attached hydrogen (secondary N) is 1. The highest BCUT2D eigenvalue weighted by atomic mass is 19.1. The Morgan fingerprint density at radius 3 is 2.23 bits per heavy atom. The number of esters is 1. The summed E-state index contributed by atoms with van der Waals surface area (Å²) in [6.07, 6.45) is 14.7.